The molecule has 0 aromatic carbocycles. The Morgan fingerprint density at radius 2 is 2.42 bits per heavy atom. The Kier molecular flexibility index (Phi) is 1.49. The van der Waals surface area contributed by atoms with E-state index in [0.717, 1.165) is 6.41 Å². The van der Waals surface area contributed by atoms with Gasteiger partial charge in [-0.25, -0.2) is 0 Å². The van der Waals surface area contributed by atoms with Crippen molar-refractivity contribution < 1.29 is 9.32 Å². The molecule has 0 atom stereocenters. The molecule has 2 rings (SSSR count). The van der Waals surface area contributed by atoms with Crippen molar-refractivity contribution >= 4 is 6.41 Å². The molecule has 12 heavy (non-hydrogen) atoms. The zero-order valence-corrected chi connectivity index (χ0v) is 6.37. The molecule has 0 saturated heterocycles. The van der Waals surface area contributed by atoms with Crippen LogP contribution in [0.4, 0.5) is 0 Å². The lowest BCUT2D eigenvalue weighted by molar-refractivity contribution is -0.119. The standard InChI is InChI=1S/C7H8N2O3/c10-4-9-2-1-5-6(3-9)12-8-7(5)11/h4H,1-3H2,(H,8,11). The van der Waals surface area contributed by atoms with E-state index in [9.17, 15) is 9.59 Å². The number of aromatic amines is 1. The lowest BCUT2D eigenvalue weighted by Gasteiger charge is -2.19. The maximum absolute atomic E-state index is 11.0. The Bertz CT molecular complexity index is 352. The maximum atomic E-state index is 11.0. The third kappa shape index (κ3) is 0.939. The van der Waals surface area contributed by atoms with E-state index in [1.165, 1.54) is 0 Å². The van der Waals surface area contributed by atoms with Crippen molar-refractivity contribution in [3.63, 3.8) is 0 Å². The van der Waals surface area contributed by atoms with E-state index in [1.807, 2.05) is 0 Å². The van der Waals surface area contributed by atoms with Gasteiger partial charge in [0, 0.05) is 6.54 Å². The van der Waals surface area contributed by atoms with Crippen LogP contribution in [0.5, 0.6) is 0 Å². The predicted octanol–water partition coefficient (Wildman–Crippen LogP) is -0.518. The fourth-order valence-electron chi connectivity index (χ4n) is 1.35. The Labute approximate surface area is 67.9 Å². The molecule has 1 N–H and O–H groups in total. The number of carbonyl (C=O) groups excluding carboxylic acids is 1. The summed E-state index contributed by atoms with van der Waals surface area (Å²) in [7, 11) is 0. The van der Waals surface area contributed by atoms with Crippen LogP contribution in [0, 0.1) is 0 Å². The molecule has 64 valence electrons. The third-order valence-electron chi connectivity index (χ3n) is 2.02. The highest BCUT2D eigenvalue weighted by molar-refractivity contribution is 5.48. The van der Waals surface area contributed by atoms with Crippen LogP contribution >= 0.6 is 0 Å². The molecule has 0 saturated carbocycles. The van der Waals surface area contributed by atoms with Gasteiger partial charge in [0.05, 0.1) is 12.1 Å². The molecule has 1 amide bonds. The number of carbonyl (C=O) groups is 1. The van der Waals surface area contributed by atoms with E-state index in [0.29, 0.717) is 30.8 Å². The van der Waals surface area contributed by atoms with Crippen LogP contribution < -0.4 is 5.56 Å². The number of fused-ring (bicyclic) bond motifs is 1. The summed E-state index contributed by atoms with van der Waals surface area (Å²) in [6.07, 6.45) is 1.34. The first-order valence-corrected chi connectivity index (χ1v) is 3.70. The molecule has 0 unspecified atom stereocenters. The second-order valence-corrected chi connectivity index (χ2v) is 2.76. The molecular weight excluding hydrogens is 160 g/mol. The predicted molar refractivity (Wildman–Crippen MR) is 39.5 cm³/mol. The van der Waals surface area contributed by atoms with Crippen LogP contribution in [0.3, 0.4) is 0 Å². The summed E-state index contributed by atoms with van der Waals surface area (Å²) >= 11 is 0. The fraction of sp³-hybridized carbons (Fsp3) is 0.429. The topological polar surface area (TPSA) is 66.3 Å². The number of H-pyrrole nitrogens is 1. The first-order chi connectivity index (χ1) is 5.81. The summed E-state index contributed by atoms with van der Waals surface area (Å²) in [5, 5.41) is 2.25. The average molecular weight is 168 g/mol. The Hall–Kier alpha value is -1.52. The minimum atomic E-state index is -0.171. The van der Waals surface area contributed by atoms with E-state index in [-0.39, 0.29) is 5.56 Å². The SMILES string of the molecule is O=CN1CCc2c(o[nH]c2=O)C1. The number of nitrogens with one attached hydrogen (secondary N) is 1. The molecule has 1 aromatic heterocycles. The highest BCUT2D eigenvalue weighted by atomic mass is 16.5. The molecule has 0 aliphatic carbocycles. The fourth-order valence-corrected chi connectivity index (χ4v) is 1.35. The molecule has 0 radical (unpaired) electrons. The second kappa shape index (κ2) is 2.51. The van der Waals surface area contributed by atoms with Gasteiger partial charge in [0.1, 0.15) is 0 Å². The van der Waals surface area contributed by atoms with Crippen molar-refractivity contribution in [3.05, 3.63) is 21.7 Å². The summed E-state index contributed by atoms with van der Waals surface area (Å²) in [6, 6.07) is 0. The van der Waals surface area contributed by atoms with Gasteiger partial charge in [-0.2, -0.15) is 5.16 Å². The average Bonchev–Trinajstić information content (AvgIpc) is 2.47. The number of amides is 1. The molecule has 0 bridgehead atoms. The van der Waals surface area contributed by atoms with Crippen LogP contribution in [0.15, 0.2) is 9.32 Å². The van der Waals surface area contributed by atoms with E-state index in [4.69, 9.17) is 4.52 Å². The van der Waals surface area contributed by atoms with E-state index in [1.54, 1.807) is 4.90 Å². The molecule has 0 fully saturated rings. The molecular formula is C7H8N2O3. The van der Waals surface area contributed by atoms with Crippen molar-refractivity contribution in [2.45, 2.75) is 13.0 Å². The van der Waals surface area contributed by atoms with Gasteiger partial charge in [-0.3, -0.25) is 9.59 Å². The molecule has 1 aliphatic rings. The van der Waals surface area contributed by atoms with Crippen LogP contribution in [0.25, 0.3) is 0 Å². The van der Waals surface area contributed by atoms with Crippen LogP contribution in [0.1, 0.15) is 11.3 Å². The summed E-state index contributed by atoms with van der Waals surface area (Å²) in [4.78, 5) is 22.9. The lowest BCUT2D eigenvalue weighted by Crippen LogP contribution is -2.30. The second-order valence-electron chi connectivity index (χ2n) is 2.76. The summed E-state index contributed by atoms with van der Waals surface area (Å²) in [5.41, 5.74) is 0.503. The molecule has 5 nitrogen and oxygen atoms in total. The normalized spacial score (nSPS) is 15.8. The minimum absolute atomic E-state index is 0.171. The zero-order chi connectivity index (χ0) is 8.55. The first-order valence-electron chi connectivity index (χ1n) is 3.70. The molecule has 1 aromatic rings. The smallest absolute Gasteiger partial charge is 0.283 e. The summed E-state index contributed by atoms with van der Waals surface area (Å²) in [6.45, 7) is 0.997. The summed E-state index contributed by atoms with van der Waals surface area (Å²) < 4.78 is 4.88. The quantitative estimate of drug-likeness (QED) is 0.574. The lowest BCUT2D eigenvalue weighted by atomic mass is 10.1. The monoisotopic (exact) mass is 168 g/mol. The van der Waals surface area contributed by atoms with Crippen molar-refractivity contribution in [3.8, 4) is 0 Å². The van der Waals surface area contributed by atoms with Crippen molar-refractivity contribution in [1.82, 2.24) is 10.1 Å². The van der Waals surface area contributed by atoms with Crippen LogP contribution in [-0.2, 0) is 17.8 Å². The highest BCUT2D eigenvalue weighted by Crippen LogP contribution is 2.12. The largest absolute Gasteiger partial charge is 0.381 e. The van der Waals surface area contributed by atoms with Crippen molar-refractivity contribution in [1.29, 1.82) is 0 Å². The Morgan fingerprint density at radius 3 is 3.17 bits per heavy atom. The van der Waals surface area contributed by atoms with E-state index < -0.39 is 0 Å². The Morgan fingerprint density at radius 1 is 1.58 bits per heavy atom. The van der Waals surface area contributed by atoms with E-state index >= 15 is 0 Å². The highest BCUT2D eigenvalue weighted by Gasteiger charge is 2.20. The van der Waals surface area contributed by atoms with Crippen molar-refractivity contribution in [2.24, 2.45) is 0 Å². The van der Waals surface area contributed by atoms with Gasteiger partial charge in [-0.1, -0.05) is 0 Å². The van der Waals surface area contributed by atoms with Gasteiger partial charge < -0.3 is 9.42 Å². The van der Waals surface area contributed by atoms with Crippen LogP contribution in [0.2, 0.25) is 0 Å². The zero-order valence-electron chi connectivity index (χ0n) is 6.37. The molecule has 1 aliphatic heterocycles. The number of rotatable bonds is 1. The van der Waals surface area contributed by atoms with Gasteiger partial charge >= 0.3 is 0 Å². The number of hydrogen-bond acceptors (Lipinski definition) is 3. The van der Waals surface area contributed by atoms with Crippen LogP contribution in [-0.4, -0.2) is 23.0 Å². The maximum Gasteiger partial charge on any atom is 0.283 e. The first kappa shape index (κ1) is 7.15. The van der Waals surface area contributed by atoms with Gasteiger partial charge in [0.25, 0.3) is 5.56 Å². The number of aromatic nitrogens is 1. The molecule has 5 heteroatoms. The number of hydrogen-bond donors (Lipinski definition) is 1. The van der Waals surface area contributed by atoms with Gasteiger partial charge in [0.15, 0.2) is 5.76 Å². The number of nitrogens with zero attached hydrogens (tertiary/aromatic N) is 1. The van der Waals surface area contributed by atoms with Crippen molar-refractivity contribution in [2.75, 3.05) is 6.54 Å². The van der Waals surface area contributed by atoms with Gasteiger partial charge in [-0.05, 0) is 6.42 Å². The van der Waals surface area contributed by atoms with Gasteiger partial charge in [0.2, 0.25) is 6.41 Å². The third-order valence-corrected chi connectivity index (χ3v) is 2.02. The summed E-state index contributed by atoms with van der Waals surface area (Å²) in [5.74, 6) is 0.582. The molecule has 0 spiro atoms. The van der Waals surface area contributed by atoms with Gasteiger partial charge in [-0.15, -0.1) is 0 Å². The Balaban J connectivity index is 2.36. The molecule has 2 heterocycles. The minimum Gasteiger partial charge on any atom is -0.381 e. The van der Waals surface area contributed by atoms with E-state index in [2.05, 4.69) is 5.16 Å².